The molecule has 0 saturated carbocycles. The molecule has 2 aromatic rings. The van der Waals surface area contributed by atoms with Crippen molar-refractivity contribution in [2.75, 3.05) is 6.61 Å². The molecule has 2 aromatic carbocycles. The predicted molar refractivity (Wildman–Crippen MR) is 105 cm³/mol. The molecule has 10 heteroatoms. The van der Waals surface area contributed by atoms with Crippen LogP contribution in [0.3, 0.4) is 0 Å². The molecule has 0 heterocycles. The molecule has 0 bridgehead atoms. The first-order valence-electron chi connectivity index (χ1n) is 8.63. The van der Waals surface area contributed by atoms with Crippen LogP contribution in [0, 0.1) is 0 Å². The lowest BCUT2D eigenvalue weighted by Gasteiger charge is -2.17. The largest absolute Gasteiger partial charge is 0.522 e. The van der Waals surface area contributed by atoms with Gasteiger partial charge in [-0.2, -0.15) is 21.6 Å². The van der Waals surface area contributed by atoms with Crippen LogP contribution in [0.15, 0.2) is 48.5 Å². The van der Waals surface area contributed by atoms with Gasteiger partial charge in [-0.25, -0.2) is 0 Å². The van der Waals surface area contributed by atoms with E-state index >= 15 is 0 Å². The number of hydrogen-bond donors (Lipinski definition) is 0. The van der Waals surface area contributed by atoms with E-state index in [4.69, 9.17) is 4.74 Å². The summed E-state index contributed by atoms with van der Waals surface area (Å²) in [5, 5.41) is 0. The lowest BCUT2D eigenvalue weighted by atomic mass is 9.98. The second-order valence-electron chi connectivity index (χ2n) is 7.25. The average Bonchev–Trinajstić information content (AvgIpc) is 2.92. The van der Waals surface area contributed by atoms with Crippen molar-refractivity contribution in [1.82, 2.24) is 0 Å². The molecule has 0 saturated heterocycles. The van der Waals surface area contributed by atoms with Crippen molar-refractivity contribution in [2.45, 2.75) is 31.1 Å². The van der Waals surface area contributed by atoms with Crippen LogP contribution in [0.4, 0.5) is 13.2 Å². The van der Waals surface area contributed by atoms with Gasteiger partial charge in [-0.05, 0) is 41.9 Å². The zero-order valence-corrected chi connectivity index (χ0v) is 17.9. The minimum Gasteiger partial charge on any atom is -0.467 e. The number of carbonyl (C=O) groups is 1. The van der Waals surface area contributed by atoms with Gasteiger partial charge in [-0.3, -0.25) is 4.79 Å². The van der Waals surface area contributed by atoms with E-state index in [-0.39, 0.29) is 5.92 Å². The van der Waals surface area contributed by atoms with Crippen LogP contribution in [0.1, 0.15) is 17.0 Å². The van der Waals surface area contributed by atoms with Gasteiger partial charge in [-0.1, -0.05) is 48.5 Å². The number of alkyl halides is 3. The number of ether oxygens (including phenoxy) is 1. The summed E-state index contributed by atoms with van der Waals surface area (Å²) in [5.74, 6) is 0.174. The summed E-state index contributed by atoms with van der Waals surface area (Å²) in [6.45, 7) is 5.00. The van der Waals surface area contributed by atoms with Crippen LogP contribution in [0.2, 0.25) is 19.6 Å². The Kier molecular flexibility index (Phi) is 6.92. The number of fused-ring (bicyclic) bond motifs is 3. The molecule has 0 N–H and O–H groups in total. The van der Waals surface area contributed by atoms with Crippen LogP contribution < -0.4 is 0 Å². The van der Waals surface area contributed by atoms with Gasteiger partial charge in [0.1, 0.15) is 6.61 Å². The molecule has 1 aliphatic rings. The summed E-state index contributed by atoms with van der Waals surface area (Å²) < 4.78 is 64.7. The first kappa shape index (κ1) is 23.1. The Hall–Kier alpha value is -2.17. The fraction of sp³-hybridized carbons (Fsp3) is 0.316. The molecular formula is C19H21F3O5SSi. The molecule has 29 heavy (non-hydrogen) atoms. The van der Waals surface area contributed by atoms with Gasteiger partial charge < -0.3 is 8.61 Å². The lowest BCUT2D eigenvalue weighted by Crippen LogP contribution is -2.36. The third-order valence-corrected chi connectivity index (χ3v) is 7.38. The Morgan fingerprint density at radius 2 is 1.41 bits per heavy atom. The van der Waals surface area contributed by atoms with Gasteiger partial charge in [0.25, 0.3) is 6.47 Å². The van der Waals surface area contributed by atoms with Crippen molar-refractivity contribution in [2.24, 2.45) is 0 Å². The van der Waals surface area contributed by atoms with Crippen molar-refractivity contribution in [3.63, 3.8) is 0 Å². The minimum absolute atomic E-state index is 0.174. The van der Waals surface area contributed by atoms with Crippen LogP contribution in [-0.2, 0) is 23.5 Å². The second-order valence-corrected chi connectivity index (χ2v) is 13.5. The van der Waals surface area contributed by atoms with Gasteiger partial charge in [-0.15, -0.1) is 0 Å². The molecule has 0 fully saturated rings. The van der Waals surface area contributed by atoms with Crippen molar-refractivity contribution in [3.05, 3.63) is 59.7 Å². The Balaban J connectivity index is 0.000000223. The minimum atomic E-state index is -5.39. The van der Waals surface area contributed by atoms with Crippen LogP contribution in [0.25, 0.3) is 11.1 Å². The Labute approximate surface area is 168 Å². The molecule has 0 atom stereocenters. The zero-order chi connectivity index (χ0) is 21.9. The molecule has 5 nitrogen and oxygen atoms in total. The third kappa shape index (κ3) is 5.68. The molecule has 0 aromatic heterocycles. The van der Waals surface area contributed by atoms with Crippen LogP contribution in [-0.4, -0.2) is 35.3 Å². The molecule has 158 valence electrons. The summed E-state index contributed by atoms with van der Waals surface area (Å²) in [6, 6.07) is 16.6. The van der Waals surface area contributed by atoms with E-state index in [1.807, 2.05) is 24.3 Å². The normalized spacial score (nSPS) is 13.7. The van der Waals surface area contributed by atoms with E-state index in [1.165, 1.54) is 41.9 Å². The van der Waals surface area contributed by atoms with Crippen LogP contribution >= 0.6 is 0 Å². The van der Waals surface area contributed by atoms with E-state index in [9.17, 15) is 26.4 Å². The fourth-order valence-electron chi connectivity index (χ4n) is 2.95. The summed E-state index contributed by atoms with van der Waals surface area (Å²) in [7, 11) is -8.10. The smallest absolute Gasteiger partial charge is 0.467 e. The fourth-order valence-corrected chi connectivity index (χ4v) is 5.96. The number of halogens is 3. The van der Waals surface area contributed by atoms with Crippen LogP contribution in [0.5, 0.6) is 0 Å². The first-order chi connectivity index (χ1) is 13.4. The summed E-state index contributed by atoms with van der Waals surface area (Å²) >= 11 is 0. The van der Waals surface area contributed by atoms with Crippen molar-refractivity contribution < 1.29 is 35.0 Å². The summed E-state index contributed by atoms with van der Waals surface area (Å²) in [4.78, 5) is 10.4. The van der Waals surface area contributed by atoms with E-state index < -0.39 is 23.9 Å². The SMILES string of the molecule is C[Si](C)(C)OS(=O)(=O)C(F)(F)F.O=COCC1c2ccccc2-c2ccccc21. The lowest BCUT2D eigenvalue weighted by molar-refractivity contribution is -0.128. The van der Waals surface area contributed by atoms with Gasteiger partial charge >= 0.3 is 15.6 Å². The predicted octanol–water partition coefficient (Wildman–Crippen LogP) is 4.66. The van der Waals surface area contributed by atoms with E-state index in [1.54, 1.807) is 0 Å². The number of rotatable bonds is 5. The topological polar surface area (TPSA) is 69.7 Å². The van der Waals surface area contributed by atoms with Crippen molar-refractivity contribution in [1.29, 1.82) is 0 Å². The molecule has 0 unspecified atom stereocenters. The van der Waals surface area contributed by atoms with Gasteiger partial charge in [0, 0.05) is 5.92 Å². The van der Waals surface area contributed by atoms with E-state index in [0.29, 0.717) is 13.1 Å². The van der Waals surface area contributed by atoms with Crippen molar-refractivity contribution >= 4 is 24.9 Å². The molecule has 1 aliphatic carbocycles. The number of carbonyl (C=O) groups excluding carboxylic acids is 1. The zero-order valence-electron chi connectivity index (χ0n) is 16.1. The van der Waals surface area contributed by atoms with Crippen molar-refractivity contribution in [3.8, 4) is 11.1 Å². The molecule has 0 aliphatic heterocycles. The Bertz CT molecular complexity index is 923. The monoisotopic (exact) mass is 446 g/mol. The quantitative estimate of drug-likeness (QED) is 0.380. The number of hydrogen-bond acceptors (Lipinski definition) is 5. The highest BCUT2D eigenvalue weighted by Crippen LogP contribution is 2.44. The number of benzene rings is 2. The molecule has 0 amide bonds. The second kappa shape index (κ2) is 8.68. The molecule has 0 radical (unpaired) electrons. The Morgan fingerprint density at radius 3 is 1.76 bits per heavy atom. The van der Waals surface area contributed by atoms with E-state index in [0.717, 1.165) is 0 Å². The maximum Gasteiger partial charge on any atom is 0.522 e. The molecule has 0 spiro atoms. The highest BCUT2D eigenvalue weighted by Gasteiger charge is 2.49. The van der Waals surface area contributed by atoms with Gasteiger partial charge in [0.15, 0.2) is 0 Å². The summed E-state index contributed by atoms with van der Waals surface area (Å²) in [5.41, 5.74) is -0.316. The average molecular weight is 447 g/mol. The summed E-state index contributed by atoms with van der Waals surface area (Å²) in [6.07, 6.45) is 0. The third-order valence-electron chi connectivity index (χ3n) is 3.94. The highest BCUT2D eigenvalue weighted by molar-refractivity contribution is 7.88. The van der Waals surface area contributed by atoms with Gasteiger partial charge in [0.2, 0.25) is 8.32 Å². The first-order valence-corrected chi connectivity index (χ1v) is 13.4. The highest BCUT2D eigenvalue weighted by atomic mass is 32.2. The Morgan fingerprint density at radius 1 is 0.966 bits per heavy atom. The van der Waals surface area contributed by atoms with E-state index in [2.05, 4.69) is 28.1 Å². The molecular weight excluding hydrogens is 425 g/mol. The maximum atomic E-state index is 11.7. The maximum absolute atomic E-state index is 11.7. The standard InChI is InChI=1S/C15H12O2.C4H9F3O3SSi/c16-10-17-9-15-13-7-3-1-5-11(13)12-6-2-4-8-14(12)15;1-12(2,3)10-11(8,9)4(5,6)7/h1-8,10,15H,9H2;1-3H3. The van der Waals surface area contributed by atoms with Gasteiger partial charge in [0.05, 0.1) is 0 Å². The molecule has 3 rings (SSSR count).